The van der Waals surface area contributed by atoms with E-state index in [0.717, 1.165) is 31.6 Å². The molecule has 180 valence electrons. The van der Waals surface area contributed by atoms with E-state index < -0.39 is 28.8 Å². The lowest BCUT2D eigenvalue weighted by molar-refractivity contribution is -0.311. The van der Waals surface area contributed by atoms with Gasteiger partial charge in [-0.3, -0.25) is 0 Å². The van der Waals surface area contributed by atoms with Crippen LogP contribution in [0.5, 0.6) is 0 Å². The summed E-state index contributed by atoms with van der Waals surface area (Å²) in [4.78, 5) is 0. The second-order valence-electron chi connectivity index (χ2n) is 13.0. The molecule has 0 spiro atoms. The molecule has 4 aliphatic carbocycles. The van der Waals surface area contributed by atoms with Gasteiger partial charge in [0.05, 0.1) is 23.4 Å². The van der Waals surface area contributed by atoms with Gasteiger partial charge < -0.3 is 20.4 Å². The molecule has 4 fully saturated rings. The molecule has 4 nitrogen and oxygen atoms in total. The van der Waals surface area contributed by atoms with Gasteiger partial charge in [-0.15, -0.1) is 0 Å². The Kier molecular flexibility index (Phi) is 6.16. The molecule has 0 saturated heterocycles. The molecule has 31 heavy (non-hydrogen) atoms. The van der Waals surface area contributed by atoms with Crippen molar-refractivity contribution in [2.75, 3.05) is 0 Å². The van der Waals surface area contributed by atoms with E-state index >= 15 is 0 Å². The maximum absolute atomic E-state index is 12.3. The van der Waals surface area contributed by atoms with Crippen molar-refractivity contribution >= 4 is 0 Å². The van der Waals surface area contributed by atoms with Crippen molar-refractivity contribution < 1.29 is 20.4 Å². The van der Waals surface area contributed by atoms with E-state index in [2.05, 4.69) is 34.6 Å². The fraction of sp³-hybridized carbons (Fsp3) is 1.00. The number of aliphatic hydroxyl groups is 4. The number of rotatable bonds is 5. The van der Waals surface area contributed by atoms with Crippen LogP contribution in [0.15, 0.2) is 0 Å². The molecule has 0 aromatic heterocycles. The van der Waals surface area contributed by atoms with Crippen LogP contribution >= 0.6 is 0 Å². The van der Waals surface area contributed by atoms with E-state index in [4.69, 9.17) is 0 Å². The molecule has 0 aromatic rings. The Hall–Kier alpha value is -0.160. The molecular weight excluding hydrogens is 388 g/mol. The van der Waals surface area contributed by atoms with Crippen LogP contribution in [0.2, 0.25) is 0 Å². The lowest BCUT2D eigenvalue weighted by Gasteiger charge is -2.68. The van der Waals surface area contributed by atoms with Crippen molar-refractivity contribution in [1.29, 1.82) is 0 Å². The molecule has 0 amide bonds. The summed E-state index contributed by atoms with van der Waals surface area (Å²) in [5, 5.41) is 46.0. The molecule has 4 saturated carbocycles. The minimum atomic E-state index is -1.14. The van der Waals surface area contributed by atoms with Gasteiger partial charge in [0.25, 0.3) is 0 Å². The van der Waals surface area contributed by atoms with Crippen LogP contribution in [0.4, 0.5) is 0 Å². The summed E-state index contributed by atoms with van der Waals surface area (Å²) in [5.74, 6) is 1.85. The van der Waals surface area contributed by atoms with Crippen LogP contribution in [-0.2, 0) is 0 Å². The minimum absolute atomic E-state index is 0.102. The van der Waals surface area contributed by atoms with E-state index in [-0.39, 0.29) is 17.3 Å². The highest BCUT2D eigenvalue weighted by molar-refractivity contribution is 5.25. The summed E-state index contributed by atoms with van der Waals surface area (Å²) >= 11 is 0. The Labute approximate surface area is 189 Å². The van der Waals surface area contributed by atoms with Crippen LogP contribution in [-0.4, -0.2) is 43.8 Å². The van der Waals surface area contributed by atoms with Crippen molar-refractivity contribution in [3.63, 3.8) is 0 Å². The standard InChI is InChI=1S/C27H48O4/c1-17(2)7-6-8-18(3)21-10-14-27(31)24(21,4)12-11-22-25(5)19(9-13-26(22,27)30)15-20(28)16-23(25)29/h17-23,28-31H,6-16H2,1-5H3/t18-,19?,20-,21?,22?,23-,24-,25+,26+,27-/m1/s1. The third-order valence-corrected chi connectivity index (χ3v) is 11.2. The Morgan fingerprint density at radius 1 is 0.871 bits per heavy atom. The first-order chi connectivity index (χ1) is 14.4. The van der Waals surface area contributed by atoms with Crippen molar-refractivity contribution in [3.05, 3.63) is 0 Å². The van der Waals surface area contributed by atoms with Crippen LogP contribution in [0.1, 0.15) is 105 Å². The molecule has 0 radical (unpaired) electrons. The van der Waals surface area contributed by atoms with E-state index in [9.17, 15) is 20.4 Å². The van der Waals surface area contributed by atoms with Crippen LogP contribution in [0, 0.1) is 40.4 Å². The number of hydrogen-bond donors (Lipinski definition) is 4. The maximum atomic E-state index is 12.3. The normalized spacial score (nSPS) is 53.0. The molecule has 4 N–H and O–H groups in total. The molecule has 0 aliphatic heterocycles. The van der Waals surface area contributed by atoms with E-state index in [1.165, 1.54) is 19.3 Å². The Bertz CT molecular complexity index is 666. The largest absolute Gasteiger partial charge is 0.393 e. The number of hydrogen-bond acceptors (Lipinski definition) is 4. The fourth-order valence-electron chi connectivity index (χ4n) is 9.32. The number of aliphatic hydroxyl groups excluding tert-OH is 2. The van der Waals surface area contributed by atoms with Crippen LogP contribution in [0.25, 0.3) is 0 Å². The number of fused-ring (bicyclic) bond motifs is 5. The molecule has 4 rings (SSSR count). The lowest BCUT2D eigenvalue weighted by Crippen LogP contribution is -2.74. The second kappa shape index (κ2) is 7.96. The summed E-state index contributed by atoms with van der Waals surface area (Å²) in [7, 11) is 0. The Morgan fingerprint density at radius 3 is 2.26 bits per heavy atom. The van der Waals surface area contributed by atoms with E-state index in [1.807, 2.05) is 0 Å². The SMILES string of the molecule is CC(C)CCC[C@@H](C)C1CC[C@@]2(O)[C@]1(C)CCC1[C@]3(C)C(CC[C@]12O)C[C@@H](O)C[C@H]3O. The highest BCUT2D eigenvalue weighted by atomic mass is 16.4. The van der Waals surface area contributed by atoms with Crippen molar-refractivity contribution in [3.8, 4) is 0 Å². The van der Waals surface area contributed by atoms with Gasteiger partial charge in [-0.1, -0.05) is 53.9 Å². The molecule has 3 unspecified atom stereocenters. The second-order valence-corrected chi connectivity index (χ2v) is 13.0. The van der Waals surface area contributed by atoms with Gasteiger partial charge in [-0.25, -0.2) is 0 Å². The molecule has 0 heterocycles. The zero-order valence-corrected chi connectivity index (χ0v) is 20.6. The van der Waals surface area contributed by atoms with Gasteiger partial charge >= 0.3 is 0 Å². The van der Waals surface area contributed by atoms with Crippen molar-refractivity contribution in [2.45, 2.75) is 129 Å². The van der Waals surface area contributed by atoms with Gasteiger partial charge in [0, 0.05) is 10.8 Å². The molecule has 4 heteroatoms. The molecular formula is C27H48O4. The predicted molar refractivity (Wildman–Crippen MR) is 123 cm³/mol. The predicted octanol–water partition coefficient (Wildman–Crippen LogP) is 4.67. The third kappa shape index (κ3) is 3.29. The highest BCUT2D eigenvalue weighted by Crippen LogP contribution is 2.71. The smallest absolute Gasteiger partial charge is 0.0992 e. The zero-order valence-electron chi connectivity index (χ0n) is 20.6. The summed E-state index contributed by atoms with van der Waals surface area (Å²) in [6.07, 6.45) is 8.58. The first kappa shape index (κ1) is 24.0. The van der Waals surface area contributed by atoms with E-state index in [0.29, 0.717) is 37.5 Å². The highest BCUT2D eigenvalue weighted by Gasteiger charge is 2.74. The van der Waals surface area contributed by atoms with Gasteiger partial charge in [0.2, 0.25) is 0 Å². The van der Waals surface area contributed by atoms with Gasteiger partial charge in [-0.05, 0) is 81.0 Å². The van der Waals surface area contributed by atoms with Crippen LogP contribution < -0.4 is 0 Å². The Morgan fingerprint density at radius 2 is 1.58 bits per heavy atom. The fourth-order valence-corrected chi connectivity index (χ4v) is 9.32. The third-order valence-electron chi connectivity index (χ3n) is 11.2. The zero-order chi connectivity index (χ0) is 22.8. The lowest BCUT2D eigenvalue weighted by atomic mass is 9.40. The first-order valence-corrected chi connectivity index (χ1v) is 13.2. The summed E-state index contributed by atoms with van der Waals surface area (Å²) in [5.41, 5.74) is -2.91. The molecule has 10 atom stereocenters. The Balaban J connectivity index is 1.61. The summed E-state index contributed by atoms with van der Waals surface area (Å²) < 4.78 is 0. The van der Waals surface area contributed by atoms with Crippen molar-refractivity contribution in [2.24, 2.45) is 40.4 Å². The molecule has 0 aromatic carbocycles. The van der Waals surface area contributed by atoms with Gasteiger partial charge in [0.1, 0.15) is 0 Å². The monoisotopic (exact) mass is 436 g/mol. The maximum Gasteiger partial charge on any atom is 0.0992 e. The average molecular weight is 437 g/mol. The van der Waals surface area contributed by atoms with Crippen molar-refractivity contribution in [1.82, 2.24) is 0 Å². The topological polar surface area (TPSA) is 80.9 Å². The summed E-state index contributed by atoms with van der Waals surface area (Å²) in [6, 6.07) is 0. The quantitative estimate of drug-likeness (QED) is 0.505. The molecule has 0 bridgehead atoms. The summed E-state index contributed by atoms with van der Waals surface area (Å²) in [6.45, 7) is 11.3. The average Bonchev–Trinajstić information content (AvgIpc) is 2.96. The van der Waals surface area contributed by atoms with Gasteiger partial charge in [-0.2, -0.15) is 0 Å². The molecule has 4 aliphatic rings. The van der Waals surface area contributed by atoms with Gasteiger partial charge in [0.15, 0.2) is 0 Å². The minimum Gasteiger partial charge on any atom is -0.393 e. The van der Waals surface area contributed by atoms with E-state index in [1.54, 1.807) is 0 Å². The first-order valence-electron chi connectivity index (χ1n) is 13.2. The van der Waals surface area contributed by atoms with Crippen LogP contribution in [0.3, 0.4) is 0 Å².